The van der Waals surface area contributed by atoms with E-state index >= 15 is 0 Å². The van der Waals surface area contributed by atoms with E-state index in [1.807, 2.05) is 18.6 Å². The van der Waals surface area contributed by atoms with Gasteiger partial charge in [0.05, 0.1) is 18.3 Å². The van der Waals surface area contributed by atoms with Crippen molar-refractivity contribution in [2.75, 3.05) is 11.9 Å². The summed E-state index contributed by atoms with van der Waals surface area (Å²) in [6.07, 6.45) is 7.41. The topological polar surface area (TPSA) is 88.9 Å². The summed E-state index contributed by atoms with van der Waals surface area (Å²) in [5.41, 5.74) is 1.64. The van der Waals surface area contributed by atoms with Gasteiger partial charge in [-0.3, -0.25) is 10.1 Å². The molecule has 23 heavy (non-hydrogen) atoms. The molecule has 2 aliphatic heterocycles. The number of benzene rings is 1. The van der Waals surface area contributed by atoms with Crippen molar-refractivity contribution in [2.45, 2.75) is 12.5 Å². The zero-order valence-electron chi connectivity index (χ0n) is 12.6. The molecule has 1 unspecified atom stereocenters. The summed E-state index contributed by atoms with van der Waals surface area (Å²) in [7, 11) is 0. The number of aromatic amines is 1. The maximum atomic E-state index is 9.38. The molecule has 1 aromatic heterocycles. The predicted octanol–water partition coefficient (Wildman–Crippen LogP) is 2.04. The van der Waals surface area contributed by atoms with Gasteiger partial charge in [-0.15, -0.1) is 0 Å². The van der Waals surface area contributed by atoms with Gasteiger partial charge in [-0.1, -0.05) is 0 Å². The fraction of sp³-hybridized carbons (Fsp3) is 0.188. The van der Waals surface area contributed by atoms with E-state index in [1.54, 1.807) is 30.5 Å². The first-order valence-electron chi connectivity index (χ1n) is 7.31. The van der Waals surface area contributed by atoms with E-state index in [4.69, 9.17) is 0 Å². The highest BCUT2D eigenvalue weighted by molar-refractivity contribution is 6.45. The molecule has 4 rings (SSSR count). The Kier molecular flexibility index (Phi) is 2.94. The van der Waals surface area contributed by atoms with Gasteiger partial charge in [-0.05, 0) is 31.2 Å². The number of aliphatic imine (C=N–C) groups is 2. The van der Waals surface area contributed by atoms with Crippen molar-refractivity contribution in [1.82, 2.24) is 15.1 Å². The van der Waals surface area contributed by atoms with Gasteiger partial charge in [-0.25, -0.2) is 4.99 Å². The summed E-state index contributed by atoms with van der Waals surface area (Å²) in [5, 5.41) is 19.5. The summed E-state index contributed by atoms with van der Waals surface area (Å²) in [4.78, 5) is 11.2. The summed E-state index contributed by atoms with van der Waals surface area (Å²) in [6, 6.07) is 6.85. The first-order valence-corrected chi connectivity index (χ1v) is 7.31. The number of fused-ring (bicyclic) bond motifs is 1. The van der Waals surface area contributed by atoms with Crippen molar-refractivity contribution in [3.05, 3.63) is 54.6 Å². The molecule has 3 N–H and O–H groups in total. The van der Waals surface area contributed by atoms with E-state index in [0.717, 1.165) is 17.1 Å². The monoisotopic (exact) mass is 308 g/mol. The third-order valence-corrected chi connectivity index (χ3v) is 4.18. The molecule has 7 nitrogen and oxygen atoms in total. The quantitative estimate of drug-likeness (QED) is 0.741. The molecule has 1 atom stereocenters. The van der Waals surface area contributed by atoms with Crippen molar-refractivity contribution >= 4 is 17.4 Å². The van der Waals surface area contributed by atoms with Crippen LogP contribution >= 0.6 is 0 Å². The second kappa shape index (κ2) is 4.98. The standard InChI is InChI=1S/C16H16N6O/c1-16(11-8-19-20-9-11)10-18-15-14(17-6-7-22(15)16)21-12-2-4-13(23)5-3-12/h2-9,23H,10H2,1H3,(H,17,21)(H,19,20). The number of aromatic hydroxyl groups is 1. The average Bonchev–Trinajstić information content (AvgIpc) is 3.20. The number of aromatic nitrogens is 2. The van der Waals surface area contributed by atoms with E-state index in [1.165, 1.54) is 0 Å². The normalized spacial score (nSPS) is 22.6. The Morgan fingerprint density at radius 1 is 1.30 bits per heavy atom. The van der Waals surface area contributed by atoms with Gasteiger partial charge < -0.3 is 15.3 Å². The lowest BCUT2D eigenvalue weighted by Crippen LogP contribution is -2.46. The summed E-state index contributed by atoms with van der Waals surface area (Å²) >= 11 is 0. The summed E-state index contributed by atoms with van der Waals surface area (Å²) in [5.74, 6) is 1.71. The number of hydrogen-bond donors (Lipinski definition) is 3. The molecule has 2 aliphatic rings. The van der Waals surface area contributed by atoms with Gasteiger partial charge in [0.25, 0.3) is 0 Å². The molecule has 0 radical (unpaired) electrons. The van der Waals surface area contributed by atoms with Crippen molar-refractivity contribution in [3.63, 3.8) is 0 Å². The van der Waals surface area contributed by atoms with Crippen LogP contribution in [0.25, 0.3) is 0 Å². The molecular weight excluding hydrogens is 292 g/mol. The van der Waals surface area contributed by atoms with Crippen LogP contribution < -0.4 is 5.32 Å². The number of nitrogens with zero attached hydrogens (tertiary/aromatic N) is 4. The number of rotatable bonds is 2. The molecule has 3 heterocycles. The third-order valence-electron chi connectivity index (χ3n) is 4.18. The zero-order valence-corrected chi connectivity index (χ0v) is 12.6. The minimum Gasteiger partial charge on any atom is -0.508 e. The van der Waals surface area contributed by atoms with Crippen molar-refractivity contribution < 1.29 is 5.11 Å². The molecule has 0 saturated carbocycles. The molecule has 7 heteroatoms. The fourth-order valence-corrected chi connectivity index (χ4v) is 2.82. The Labute approximate surface area is 133 Å². The number of hydrogen-bond acceptors (Lipinski definition) is 6. The Morgan fingerprint density at radius 3 is 2.87 bits per heavy atom. The molecule has 0 saturated heterocycles. The Morgan fingerprint density at radius 2 is 2.13 bits per heavy atom. The Balaban J connectivity index is 1.61. The lowest BCUT2D eigenvalue weighted by atomic mass is 9.94. The lowest BCUT2D eigenvalue weighted by Gasteiger charge is -2.35. The van der Waals surface area contributed by atoms with Gasteiger partial charge >= 0.3 is 0 Å². The minimum absolute atomic E-state index is 0.230. The number of phenolic OH excluding ortho intramolecular Hbond substituents is 1. The highest BCUT2D eigenvalue weighted by Gasteiger charge is 2.42. The second-order valence-corrected chi connectivity index (χ2v) is 5.72. The maximum absolute atomic E-state index is 9.38. The average molecular weight is 308 g/mol. The minimum atomic E-state index is -0.281. The van der Waals surface area contributed by atoms with E-state index in [9.17, 15) is 5.11 Å². The zero-order chi connectivity index (χ0) is 15.9. The van der Waals surface area contributed by atoms with Crippen LogP contribution in [0.1, 0.15) is 12.5 Å². The molecule has 0 fully saturated rings. The van der Waals surface area contributed by atoms with Gasteiger partial charge in [0.1, 0.15) is 5.75 Å². The number of H-pyrrole nitrogens is 1. The molecule has 0 bridgehead atoms. The summed E-state index contributed by atoms with van der Waals surface area (Å²) in [6.45, 7) is 2.75. The predicted molar refractivity (Wildman–Crippen MR) is 88.4 cm³/mol. The number of anilines is 1. The molecule has 0 spiro atoms. The van der Waals surface area contributed by atoms with Crippen molar-refractivity contribution in [1.29, 1.82) is 0 Å². The van der Waals surface area contributed by atoms with Crippen molar-refractivity contribution in [2.24, 2.45) is 9.98 Å². The van der Waals surface area contributed by atoms with E-state index in [0.29, 0.717) is 12.4 Å². The largest absolute Gasteiger partial charge is 0.508 e. The number of amidine groups is 2. The SMILES string of the molecule is CC1(c2cn[nH]c2)CN=C2C(Nc3ccc(O)cc3)=NC=CN21. The number of phenols is 1. The highest BCUT2D eigenvalue weighted by Crippen LogP contribution is 2.34. The third kappa shape index (κ3) is 2.17. The van der Waals surface area contributed by atoms with Gasteiger partial charge in [0.2, 0.25) is 0 Å². The number of nitrogens with one attached hydrogen (secondary N) is 2. The van der Waals surface area contributed by atoms with Crippen LogP contribution in [0.3, 0.4) is 0 Å². The van der Waals surface area contributed by atoms with Crippen molar-refractivity contribution in [3.8, 4) is 5.75 Å². The summed E-state index contributed by atoms with van der Waals surface area (Å²) < 4.78 is 0. The van der Waals surface area contributed by atoms with Crippen LogP contribution in [-0.2, 0) is 5.54 Å². The molecule has 0 amide bonds. The first kappa shape index (κ1) is 13.6. The van der Waals surface area contributed by atoms with E-state index in [2.05, 4.69) is 37.3 Å². The van der Waals surface area contributed by atoms with Gasteiger partial charge in [-0.2, -0.15) is 5.10 Å². The fourth-order valence-electron chi connectivity index (χ4n) is 2.82. The molecule has 116 valence electrons. The van der Waals surface area contributed by atoms with Gasteiger partial charge in [0.15, 0.2) is 11.7 Å². The Bertz CT molecular complexity index is 806. The highest BCUT2D eigenvalue weighted by atomic mass is 16.3. The van der Waals surface area contributed by atoms with Crippen LogP contribution in [0.2, 0.25) is 0 Å². The van der Waals surface area contributed by atoms with Crippen LogP contribution in [0.15, 0.2) is 59.0 Å². The Hall–Kier alpha value is -3.09. The molecule has 1 aromatic carbocycles. The molecule has 0 aliphatic carbocycles. The van der Waals surface area contributed by atoms with Crippen LogP contribution in [-0.4, -0.2) is 38.4 Å². The smallest absolute Gasteiger partial charge is 0.173 e. The first-order chi connectivity index (χ1) is 11.2. The van der Waals surface area contributed by atoms with Crippen LogP contribution in [0.5, 0.6) is 5.75 Å². The van der Waals surface area contributed by atoms with Gasteiger partial charge in [0, 0.05) is 29.8 Å². The van der Waals surface area contributed by atoms with Crippen LogP contribution in [0.4, 0.5) is 5.69 Å². The molecular formula is C16H16N6O. The maximum Gasteiger partial charge on any atom is 0.173 e. The van der Waals surface area contributed by atoms with E-state index in [-0.39, 0.29) is 11.3 Å². The molecule has 2 aromatic rings. The second-order valence-electron chi connectivity index (χ2n) is 5.72. The lowest BCUT2D eigenvalue weighted by molar-refractivity contribution is 0.298. The van der Waals surface area contributed by atoms with E-state index < -0.39 is 0 Å². The van der Waals surface area contributed by atoms with Crippen LogP contribution in [0, 0.1) is 0 Å².